The number of nitrogens with one attached hydrogen (secondary N) is 1. The van der Waals surface area contributed by atoms with Crippen LogP contribution in [0.4, 0.5) is 4.79 Å². The second kappa shape index (κ2) is 4.72. The predicted octanol–water partition coefficient (Wildman–Crippen LogP) is 1.30. The Morgan fingerprint density at radius 3 is 2.44 bits per heavy atom. The molecule has 0 aromatic rings. The summed E-state index contributed by atoms with van der Waals surface area (Å²) < 4.78 is 0. The summed E-state index contributed by atoms with van der Waals surface area (Å²) >= 11 is 0. The van der Waals surface area contributed by atoms with Crippen molar-refractivity contribution in [3.63, 3.8) is 0 Å². The number of rotatable bonds is 1. The maximum Gasteiger partial charge on any atom is 0.434 e. The van der Waals surface area contributed by atoms with Crippen molar-refractivity contribution in [2.24, 2.45) is 11.8 Å². The molecule has 2 aliphatic rings. The van der Waals surface area contributed by atoms with Gasteiger partial charge in [-0.1, -0.05) is 6.92 Å². The van der Waals surface area contributed by atoms with E-state index in [0.29, 0.717) is 5.92 Å². The summed E-state index contributed by atoms with van der Waals surface area (Å²) in [6, 6.07) is 0. The van der Waals surface area contributed by atoms with Crippen molar-refractivity contribution < 1.29 is 14.4 Å². The van der Waals surface area contributed by atoms with Gasteiger partial charge in [-0.2, -0.15) is 5.48 Å². The molecule has 90 valence electrons. The van der Waals surface area contributed by atoms with Gasteiger partial charge >= 0.3 is 6.09 Å². The van der Waals surface area contributed by atoms with Gasteiger partial charge in [0.15, 0.2) is 0 Å². The fraction of sp³-hybridized carbons (Fsp3) is 0.818. The molecular formula is C11H18N2O3. The van der Waals surface area contributed by atoms with Crippen molar-refractivity contribution in [2.75, 3.05) is 13.1 Å². The van der Waals surface area contributed by atoms with Crippen LogP contribution in [-0.4, -0.2) is 30.0 Å². The molecule has 5 nitrogen and oxygen atoms in total. The van der Waals surface area contributed by atoms with Crippen LogP contribution in [0.3, 0.4) is 0 Å². The largest absolute Gasteiger partial charge is 0.434 e. The number of hydroxylamine groups is 1. The van der Waals surface area contributed by atoms with Crippen LogP contribution >= 0.6 is 0 Å². The summed E-state index contributed by atoms with van der Waals surface area (Å²) in [4.78, 5) is 29.3. The van der Waals surface area contributed by atoms with E-state index in [1.54, 1.807) is 4.90 Å². The first-order valence-corrected chi connectivity index (χ1v) is 5.92. The van der Waals surface area contributed by atoms with Crippen molar-refractivity contribution in [3.05, 3.63) is 0 Å². The van der Waals surface area contributed by atoms with Crippen molar-refractivity contribution in [3.8, 4) is 0 Å². The molecule has 2 fully saturated rings. The molecule has 2 rings (SSSR count). The third kappa shape index (κ3) is 2.46. The van der Waals surface area contributed by atoms with E-state index >= 15 is 0 Å². The summed E-state index contributed by atoms with van der Waals surface area (Å²) in [5, 5.41) is 0. The molecular weight excluding hydrogens is 208 g/mol. The van der Waals surface area contributed by atoms with Crippen LogP contribution in [0.25, 0.3) is 0 Å². The molecule has 1 aliphatic carbocycles. The molecule has 0 radical (unpaired) electrons. The molecule has 0 unspecified atom stereocenters. The molecule has 0 aromatic heterocycles. The maximum absolute atomic E-state index is 11.5. The topological polar surface area (TPSA) is 58.6 Å². The van der Waals surface area contributed by atoms with Gasteiger partial charge in [0.05, 0.1) is 0 Å². The smallest absolute Gasteiger partial charge is 0.321 e. The van der Waals surface area contributed by atoms with Gasteiger partial charge in [-0.25, -0.2) is 4.79 Å². The number of carbonyl (C=O) groups excluding carboxylic acids is 2. The SMILES string of the molecule is CC1CC(C(=O)NOC(=O)N2CCCC2)C1. The Balaban J connectivity index is 1.66. The molecule has 5 heteroatoms. The summed E-state index contributed by atoms with van der Waals surface area (Å²) in [7, 11) is 0. The van der Waals surface area contributed by atoms with Gasteiger partial charge in [-0.05, 0) is 31.6 Å². The summed E-state index contributed by atoms with van der Waals surface area (Å²) in [5.74, 6) is 0.483. The van der Waals surface area contributed by atoms with Gasteiger partial charge in [0.25, 0.3) is 5.91 Å². The van der Waals surface area contributed by atoms with Gasteiger partial charge in [0.1, 0.15) is 0 Å². The second-order valence-corrected chi connectivity index (χ2v) is 4.80. The molecule has 0 spiro atoms. The van der Waals surface area contributed by atoms with Crippen LogP contribution in [0.1, 0.15) is 32.6 Å². The Labute approximate surface area is 95.1 Å². The van der Waals surface area contributed by atoms with Crippen LogP contribution < -0.4 is 5.48 Å². The number of likely N-dealkylation sites (tertiary alicyclic amines) is 1. The molecule has 0 aromatic carbocycles. The number of amides is 2. The minimum Gasteiger partial charge on any atom is -0.321 e. The van der Waals surface area contributed by atoms with E-state index in [1.807, 2.05) is 0 Å². The summed E-state index contributed by atoms with van der Waals surface area (Å²) in [6.45, 7) is 3.57. The molecule has 1 aliphatic heterocycles. The highest BCUT2D eigenvalue weighted by atomic mass is 16.7. The average Bonchev–Trinajstić information content (AvgIpc) is 2.74. The first-order valence-electron chi connectivity index (χ1n) is 5.92. The fourth-order valence-corrected chi connectivity index (χ4v) is 2.26. The van der Waals surface area contributed by atoms with E-state index in [-0.39, 0.29) is 11.8 Å². The van der Waals surface area contributed by atoms with E-state index in [9.17, 15) is 9.59 Å². The third-order valence-electron chi connectivity index (χ3n) is 3.35. The van der Waals surface area contributed by atoms with Gasteiger partial charge in [-0.15, -0.1) is 0 Å². The van der Waals surface area contributed by atoms with Gasteiger partial charge in [-0.3, -0.25) is 4.79 Å². The van der Waals surface area contributed by atoms with E-state index < -0.39 is 6.09 Å². The quantitative estimate of drug-likeness (QED) is 0.685. The summed E-state index contributed by atoms with van der Waals surface area (Å²) in [5.41, 5.74) is 2.25. The van der Waals surface area contributed by atoms with Crippen molar-refractivity contribution in [1.82, 2.24) is 10.4 Å². The fourth-order valence-electron chi connectivity index (χ4n) is 2.26. The molecule has 0 bridgehead atoms. The van der Waals surface area contributed by atoms with E-state index in [2.05, 4.69) is 12.4 Å². The van der Waals surface area contributed by atoms with Gasteiger partial charge in [0, 0.05) is 19.0 Å². The molecule has 1 saturated heterocycles. The molecule has 2 amide bonds. The second-order valence-electron chi connectivity index (χ2n) is 4.80. The molecule has 0 atom stereocenters. The lowest BCUT2D eigenvalue weighted by atomic mass is 9.76. The van der Waals surface area contributed by atoms with Crippen molar-refractivity contribution in [1.29, 1.82) is 0 Å². The number of hydrogen-bond acceptors (Lipinski definition) is 3. The van der Waals surface area contributed by atoms with Gasteiger partial charge < -0.3 is 9.74 Å². The zero-order chi connectivity index (χ0) is 11.5. The lowest BCUT2D eigenvalue weighted by molar-refractivity contribution is -0.138. The minimum atomic E-state index is -0.432. The Kier molecular flexibility index (Phi) is 3.31. The highest BCUT2D eigenvalue weighted by Crippen LogP contribution is 2.32. The van der Waals surface area contributed by atoms with Crippen LogP contribution in [-0.2, 0) is 9.63 Å². The number of carbonyl (C=O) groups is 2. The first-order chi connectivity index (χ1) is 7.66. The van der Waals surface area contributed by atoms with Crippen LogP contribution in [0.15, 0.2) is 0 Å². The van der Waals surface area contributed by atoms with Crippen LogP contribution in [0.2, 0.25) is 0 Å². The van der Waals surface area contributed by atoms with Crippen LogP contribution in [0.5, 0.6) is 0 Å². The highest BCUT2D eigenvalue weighted by Gasteiger charge is 2.32. The first kappa shape index (κ1) is 11.2. The average molecular weight is 226 g/mol. The molecule has 1 heterocycles. The van der Waals surface area contributed by atoms with E-state index in [1.165, 1.54) is 0 Å². The van der Waals surface area contributed by atoms with Crippen molar-refractivity contribution >= 4 is 12.0 Å². The van der Waals surface area contributed by atoms with Crippen molar-refractivity contribution in [2.45, 2.75) is 32.6 Å². The highest BCUT2D eigenvalue weighted by molar-refractivity contribution is 5.80. The summed E-state index contributed by atoms with van der Waals surface area (Å²) in [6.07, 6.45) is 3.39. The molecule has 1 saturated carbocycles. The Bertz CT molecular complexity index is 281. The normalized spacial score (nSPS) is 28.4. The lowest BCUT2D eigenvalue weighted by Crippen LogP contribution is -2.41. The monoisotopic (exact) mass is 226 g/mol. The standard InChI is InChI=1S/C11H18N2O3/c1-8-6-9(7-8)10(14)12-16-11(15)13-4-2-3-5-13/h8-9H,2-7H2,1H3,(H,12,14). The number of hydrogen-bond donors (Lipinski definition) is 1. The van der Waals surface area contributed by atoms with E-state index in [4.69, 9.17) is 4.84 Å². The van der Waals surface area contributed by atoms with Crippen LogP contribution in [0, 0.1) is 11.8 Å². The molecule has 1 N–H and O–H groups in total. The number of nitrogens with zero attached hydrogens (tertiary/aromatic N) is 1. The van der Waals surface area contributed by atoms with E-state index in [0.717, 1.165) is 38.8 Å². The predicted molar refractivity (Wildman–Crippen MR) is 57.3 cm³/mol. The zero-order valence-electron chi connectivity index (χ0n) is 9.57. The minimum absolute atomic E-state index is 0.0291. The maximum atomic E-state index is 11.5. The third-order valence-corrected chi connectivity index (χ3v) is 3.35. The Morgan fingerprint density at radius 1 is 1.25 bits per heavy atom. The Morgan fingerprint density at radius 2 is 1.88 bits per heavy atom. The van der Waals surface area contributed by atoms with Gasteiger partial charge in [0.2, 0.25) is 0 Å². The lowest BCUT2D eigenvalue weighted by Gasteiger charge is -2.30. The zero-order valence-corrected chi connectivity index (χ0v) is 9.57. The molecule has 16 heavy (non-hydrogen) atoms. The Hall–Kier alpha value is -1.26.